The molecule has 1 aromatic carbocycles. The van der Waals surface area contributed by atoms with Gasteiger partial charge in [-0.15, -0.1) is 11.3 Å². The number of aromatic nitrogens is 1. The van der Waals surface area contributed by atoms with Crippen molar-refractivity contribution in [3.63, 3.8) is 0 Å². The molecular weight excluding hydrogens is 262 g/mol. The smallest absolute Gasteiger partial charge is 0.189 e. The fourth-order valence-electron chi connectivity index (χ4n) is 1.59. The number of rotatable bonds is 4. The maximum Gasteiger partial charge on any atom is 0.189 e. The Morgan fingerprint density at radius 1 is 1.50 bits per heavy atom. The zero-order valence-corrected chi connectivity index (χ0v) is 12.0. The number of thiocarbonyl (C=S) groups is 1. The normalized spacial score (nSPS) is 10.3. The van der Waals surface area contributed by atoms with Crippen LogP contribution in [0.15, 0.2) is 29.6 Å². The highest BCUT2D eigenvalue weighted by molar-refractivity contribution is 7.80. The van der Waals surface area contributed by atoms with Gasteiger partial charge >= 0.3 is 0 Å². The zero-order chi connectivity index (χ0) is 13.1. The van der Waals surface area contributed by atoms with E-state index in [1.807, 2.05) is 36.2 Å². The summed E-state index contributed by atoms with van der Waals surface area (Å²) in [5.74, 6) is 0. The van der Waals surface area contributed by atoms with Crippen molar-refractivity contribution in [2.24, 2.45) is 5.73 Å². The minimum atomic E-state index is 0.415. The van der Waals surface area contributed by atoms with E-state index in [2.05, 4.69) is 17.3 Å². The van der Waals surface area contributed by atoms with Gasteiger partial charge in [-0.25, -0.2) is 4.98 Å². The summed E-state index contributed by atoms with van der Waals surface area (Å²) in [5, 5.41) is 3.07. The van der Waals surface area contributed by atoms with Crippen molar-refractivity contribution in [1.82, 2.24) is 4.98 Å². The average molecular weight is 277 g/mol. The van der Waals surface area contributed by atoms with Gasteiger partial charge in [0.05, 0.1) is 5.69 Å². The maximum absolute atomic E-state index is 5.65. The molecule has 0 radical (unpaired) electrons. The number of thiazole rings is 1. The first-order valence-electron chi connectivity index (χ1n) is 5.69. The second-order valence-electron chi connectivity index (χ2n) is 3.95. The molecule has 0 saturated heterocycles. The average Bonchev–Trinajstić information content (AvgIpc) is 2.86. The van der Waals surface area contributed by atoms with Crippen LogP contribution in [0.25, 0.3) is 0 Å². The van der Waals surface area contributed by atoms with E-state index >= 15 is 0 Å². The molecular formula is C13H15N3S2. The molecule has 0 amide bonds. The Kier molecular flexibility index (Phi) is 3.93. The quantitative estimate of drug-likeness (QED) is 0.872. The Morgan fingerprint density at radius 3 is 2.89 bits per heavy atom. The van der Waals surface area contributed by atoms with E-state index in [0.717, 1.165) is 28.5 Å². The highest BCUT2D eigenvalue weighted by Crippen LogP contribution is 2.27. The van der Waals surface area contributed by atoms with E-state index in [1.54, 1.807) is 11.3 Å². The molecule has 0 spiro atoms. The number of aryl methyl sites for hydroxylation is 1. The van der Waals surface area contributed by atoms with Crippen LogP contribution in [0.2, 0.25) is 0 Å². The summed E-state index contributed by atoms with van der Waals surface area (Å²) in [5.41, 5.74) is 8.68. The van der Waals surface area contributed by atoms with E-state index < -0.39 is 0 Å². The standard InChI is InChI=1S/C13H15N3S2/c1-3-10-8-18-13(15-10)16(2)11-6-4-5-9(7-11)12(14)17/h4-8H,3H2,1-2H3,(H2,14,17). The lowest BCUT2D eigenvalue weighted by Gasteiger charge is -2.16. The second kappa shape index (κ2) is 5.46. The van der Waals surface area contributed by atoms with Crippen molar-refractivity contribution >= 4 is 39.4 Å². The van der Waals surface area contributed by atoms with Crippen LogP contribution in [0.5, 0.6) is 0 Å². The molecule has 0 saturated carbocycles. The van der Waals surface area contributed by atoms with Crippen molar-refractivity contribution in [1.29, 1.82) is 0 Å². The van der Waals surface area contributed by atoms with Crippen LogP contribution in [0.1, 0.15) is 18.2 Å². The zero-order valence-electron chi connectivity index (χ0n) is 10.4. The van der Waals surface area contributed by atoms with Gasteiger partial charge in [0.1, 0.15) is 4.99 Å². The molecule has 3 nitrogen and oxygen atoms in total. The minimum Gasteiger partial charge on any atom is -0.389 e. The lowest BCUT2D eigenvalue weighted by Crippen LogP contribution is -2.13. The maximum atomic E-state index is 5.65. The van der Waals surface area contributed by atoms with Gasteiger partial charge in [-0.3, -0.25) is 0 Å². The number of anilines is 2. The van der Waals surface area contributed by atoms with E-state index in [9.17, 15) is 0 Å². The molecule has 0 aliphatic heterocycles. The Hall–Kier alpha value is -1.46. The van der Waals surface area contributed by atoms with Crippen LogP contribution in [-0.4, -0.2) is 17.0 Å². The first kappa shape index (κ1) is 13.0. The Balaban J connectivity index is 2.30. The highest BCUT2D eigenvalue weighted by Gasteiger charge is 2.09. The molecule has 0 aliphatic rings. The van der Waals surface area contributed by atoms with Gasteiger partial charge in [0.15, 0.2) is 5.13 Å². The first-order valence-corrected chi connectivity index (χ1v) is 6.98. The lowest BCUT2D eigenvalue weighted by atomic mass is 10.2. The van der Waals surface area contributed by atoms with Gasteiger partial charge in [-0.05, 0) is 18.6 Å². The summed E-state index contributed by atoms with van der Waals surface area (Å²) < 4.78 is 0. The number of hydrogen-bond donors (Lipinski definition) is 1. The van der Waals surface area contributed by atoms with E-state index in [4.69, 9.17) is 18.0 Å². The number of benzene rings is 1. The summed E-state index contributed by atoms with van der Waals surface area (Å²) >= 11 is 6.64. The largest absolute Gasteiger partial charge is 0.389 e. The van der Waals surface area contributed by atoms with E-state index in [1.165, 1.54) is 0 Å². The van der Waals surface area contributed by atoms with Crippen LogP contribution in [0.3, 0.4) is 0 Å². The molecule has 1 heterocycles. The summed E-state index contributed by atoms with van der Waals surface area (Å²) in [4.78, 5) is 7.02. The topological polar surface area (TPSA) is 42.1 Å². The third kappa shape index (κ3) is 2.68. The van der Waals surface area contributed by atoms with Gasteiger partial charge in [0, 0.05) is 23.7 Å². The third-order valence-corrected chi connectivity index (χ3v) is 3.91. The Labute approximate surface area is 116 Å². The van der Waals surface area contributed by atoms with Crippen molar-refractivity contribution in [3.05, 3.63) is 40.9 Å². The third-order valence-electron chi connectivity index (χ3n) is 2.71. The summed E-state index contributed by atoms with van der Waals surface area (Å²) in [6, 6.07) is 7.87. The van der Waals surface area contributed by atoms with E-state index in [0.29, 0.717) is 4.99 Å². The van der Waals surface area contributed by atoms with Crippen LogP contribution >= 0.6 is 23.6 Å². The van der Waals surface area contributed by atoms with Crippen LogP contribution < -0.4 is 10.6 Å². The molecule has 2 rings (SSSR count). The van der Waals surface area contributed by atoms with Crippen molar-refractivity contribution in [2.45, 2.75) is 13.3 Å². The molecule has 2 aromatic rings. The van der Waals surface area contributed by atoms with Crippen LogP contribution in [0, 0.1) is 0 Å². The fraction of sp³-hybridized carbons (Fsp3) is 0.231. The van der Waals surface area contributed by atoms with Gasteiger partial charge < -0.3 is 10.6 Å². The van der Waals surface area contributed by atoms with Gasteiger partial charge in [-0.2, -0.15) is 0 Å². The van der Waals surface area contributed by atoms with Crippen molar-refractivity contribution in [3.8, 4) is 0 Å². The highest BCUT2D eigenvalue weighted by atomic mass is 32.1. The molecule has 0 fully saturated rings. The van der Waals surface area contributed by atoms with Gasteiger partial charge in [-0.1, -0.05) is 31.3 Å². The molecule has 1 aromatic heterocycles. The molecule has 94 valence electrons. The molecule has 0 aliphatic carbocycles. The molecule has 0 bridgehead atoms. The van der Waals surface area contributed by atoms with Gasteiger partial charge in [0.2, 0.25) is 0 Å². The van der Waals surface area contributed by atoms with Crippen molar-refractivity contribution < 1.29 is 0 Å². The number of nitrogens with two attached hydrogens (primary N) is 1. The summed E-state index contributed by atoms with van der Waals surface area (Å²) in [6.07, 6.45) is 0.956. The summed E-state index contributed by atoms with van der Waals surface area (Å²) in [7, 11) is 2.00. The lowest BCUT2D eigenvalue weighted by molar-refractivity contribution is 1.04. The Morgan fingerprint density at radius 2 is 2.28 bits per heavy atom. The predicted molar refractivity (Wildman–Crippen MR) is 81.9 cm³/mol. The predicted octanol–water partition coefficient (Wildman–Crippen LogP) is 3.11. The minimum absolute atomic E-state index is 0.415. The number of hydrogen-bond acceptors (Lipinski definition) is 4. The van der Waals surface area contributed by atoms with Crippen LogP contribution in [0.4, 0.5) is 10.8 Å². The molecule has 0 atom stereocenters. The number of nitrogens with zero attached hydrogens (tertiary/aromatic N) is 2. The molecule has 5 heteroatoms. The Bertz CT molecular complexity index is 563. The second-order valence-corrected chi connectivity index (χ2v) is 5.22. The van der Waals surface area contributed by atoms with E-state index in [-0.39, 0.29) is 0 Å². The molecule has 18 heavy (non-hydrogen) atoms. The summed E-state index contributed by atoms with van der Waals surface area (Å²) in [6.45, 7) is 2.10. The van der Waals surface area contributed by atoms with Crippen LogP contribution in [-0.2, 0) is 6.42 Å². The fourth-order valence-corrected chi connectivity index (χ4v) is 2.61. The SMILES string of the molecule is CCc1csc(N(C)c2cccc(C(N)=S)c2)n1. The first-order chi connectivity index (χ1) is 8.61. The van der Waals surface area contributed by atoms with Crippen molar-refractivity contribution in [2.75, 3.05) is 11.9 Å². The monoisotopic (exact) mass is 277 g/mol. The van der Waals surface area contributed by atoms with Gasteiger partial charge in [0.25, 0.3) is 0 Å². The molecule has 2 N–H and O–H groups in total. The molecule has 0 unspecified atom stereocenters.